The lowest BCUT2D eigenvalue weighted by Crippen LogP contribution is -2.10. The van der Waals surface area contributed by atoms with E-state index in [2.05, 4.69) is 18.2 Å². The molecule has 0 aliphatic carbocycles. The average molecular weight is 201 g/mol. The van der Waals surface area contributed by atoms with E-state index in [1.165, 1.54) is 0 Å². The largest absolute Gasteiger partial charge is 0.326 e. The van der Waals surface area contributed by atoms with Gasteiger partial charge in [0.05, 0.1) is 0 Å². The summed E-state index contributed by atoms with van der Waals surface area (Å²) in [5, 5.41) is 2.82. The van der Waals surface area contributed by atoms with Crippen molar-refractivity contribution < 1.29 is 4.79 Å². The molecule has 0 aromatic heterocycles. The fourth-order valence-electron chi connectivity index (χ4n) is 1.21. The molecular formula is C13H15NO. The zero-order valence-electron chi connectivity index (χ0n) is 8.92. The molecule has 1 amide bonds. The Balaban J connectivity index is 2.50. The molecule has 0 bridgehead atoms. The van der Waals surface area contributed by atoms with Crippen molar-refractivity contribution in [1.29, 1.82) is 0 Å². The van der Waals surface area contributed by atoms with Crippen LogP contribution in [0.1, 0.15) is 31.7 Å². The van der Waals surface area contributed by atoms with E-state index in [0.717, 1.165) is 24.1 Å². The first-order valence-corrected chi connectivity index (χ1v) is 5.12. The molecule has 2 heteroatoms. The van der Waals surface area contributed by atoms with Crippen LogP contribution in [0.15, 0.2) is 24.3 Å². The maximum absolute atomic E-state index is 11.4. The van der Waals surface area contributed by atoms with Gasteiger partial charge in [0.1, 0.15) is 0 Å². The Hall–Kier alpha value is -1.75. The summed E-state index contributed by atoms with van der Waals surface area (Å²) in [6, 6.07) is 7.27. The monoisotopic (exact) mass is 201 g/mol. The topological polar surface area (TPSA) is 29.1 Å². The molecule has 0 aliphatic rings. The van der Waals surface area contributed by atoms with Crippen LogP contribution in [-0.4, -0.2) is 5.91 Å². The SMILES string of the molecule is C#Cc1ccc(NC(=O)CCCC)cc1. The number of hydrogen-bond donors (Lipinski definition) is 1. The van der Waals surface area contributed by atoms with Gasteiger partial charge in [-0.3, -0.25) is 4.79 Å². The standard InChI is InChI=1S/C13H15NO/c1-3-5-6-13(15)14-12-9-7-11(4-2)8-10-12/h2,7-10H,3,5-6H2,1H3,(H,14,15). The molecule has 0 atom stereocenters. The van der Waals surface area contributed by atoms with Crippen LogP contribution in [0.25, 0.3) is 0 Å². The quantitative estimate of drug-likeness (QED) is 0.746. The van der Waals surface area contributed by atoms with E-state index >= 15 is 0 Å². The first-order chi connectivity index (χ1) is 7.26. The molecule has 0 saturated carbocycles. The predicted molar refractivity (Wildman–Crippen MR) is 62.5 cm³/mol. The molecule has 0 heterocycles. The lowest BCUT2D eigenvalue weighted by molar-refractivity contribution is -0.116. The van der Waals surface area contributed by atoms with Gasteiger partial charge in [0, 0.05) is 17.7 Å². The molecule has 15 heavy (non-hydrogen) atoms. The van der Waals surface area contributed by atoms with Gasteiger partial charge in [-0.2, -0.15) is 0 Å². The van der Waals surface area contributed by atoms with E-state index in [9.17, 15) is 4.79 Å². The van der Waals surface area contributed by atoms with Gasteiger partial charge in [-0.25, -0.2) is 0 Å². The number of unbranched alkanes of at least 4 members (excludes halogenated alkanes) is 1. The number of nitrogens with one attached hydrogen (secondary N) is 1. The minimum absolute atomic E-state index is 0.0605. The summed E-state index contributed by atoms with van der Waals surface area (Å²) in [4.78, 5) is 11.4. The number of benzene rings is 1. The van der Waals surface area contributed by atoms with Gasteiger partial charge >= 0.3 is 0 Å². The van der Waals surface area contributed by atoms with E-state index in [4.69, 9.17) is 6.42 Å². The summed E-state index contributed by atoms with van der Waals surface area (Å²) in [6.45, 7) is 2.06. The number of carbonyl (C=O) groups excluding carboxylic acids is 1. The first kappa shape index (κ1) is 11.3. The molecule has 1 N–H and O–H groups in total. The highest BCUT2D eigenvalue weighted by molar-refractivity contribution is 5.90. The number of rotatable bonds is 4. The van der Waals surface area contributed by atoms with Gasteiger partial charge in [0.15, 0.2) is 0 Å². The van der Waals surface area contributed by atoms with Crippen molar-refractivity contribution >= 4 is 11.6 Å². The van der Waals surface area contributed by atoms with E-state index in [1.807, 2.05) is 24.3 Å². The third-order valence-corrected chi connectivity index (χ3v) is 2.09. The van der Waals surface area contributed by atoms with Crippen molar-refractivity contribution in [3.8, 4) is 12.3 Å². The van der Waals surface area contributed by atoms with Gasteiger partial charge in [0.2, 0.25) is 5.91 Å². The minimum atomic E-state index is 0.0605. The Morgan fingerprint density at radius 3 is 2.60 bits per heavy atom. The van der Waals surface area contributed by atoms with Crippen molar-refractivity contribution in [2.24, 2.45) is 0 Å². The van der Waals surface area contributed by atoms with Gasteiger partial charge < -0.3 is 5.32 Å². The van der Waals surface area contributed by atoms with E-state index in [1.54, 1.807) is 0 Å². The second-order valence-electron chi connectivity index (χ2n) is 3.37. The molecule has 1 aromatic carbocycles. The average Bonchev–Trinajstić information content (AvgIpc) is 2.27. The molecule has 0 radical (unpaired) electrons. The maximum Gasteiger partial charge on any atom is 0.224 e. The number of hydrogen-bond acceptors (Lipinski definition) is 1. The van der Waals surface area contributed by atoms with Crippen molar-refractivity contribution in [1.82, 2.24) is 0 Å². The highest BCUT2D eigenvalue weighted by atomic mass is 16.1. The zero-order valence-corrected chi connectivity index (χ0v) is 8.92. The normalized spacial score (nSPS) is 9.33. The molecule has 0 unspecified atom stereocenters. The van der Waals surface area contributed by atoms with Gasteiger partial charge in [-0.1, -0.05) is 19.3 Å². The Morgan fingerprint density at radius 2 is 2.07 bits per heavy atom. The highest BCUT2D eigenvalue weighted by Crippen LogP contribution is 2.09. The molecule has 2 nitrogen and oxygen atoms in total. The van der Waals surface area contributed by atoms with Crippen LogP contribution in [0, 0.1) is 12.3 Å². The van der Waals surface area contributed by atoms with Crippen LogP contribution in [0.3, 0.4) is 0 Å². The van der Waals surface area contributed by atoms with E-state index < -0.39 is 0 Å². The van der Waals surface area contributed by atoms with E-state index in [0.29, 0.717) is 6.42 Å². The summed E-state index contributed by atoms with van der Waals surface area (Å²) < 4.78 is 0. The molecule has 1 rings (SSSR count). The number of terminal acetylenes is 1. The lowest BCUT2D eigenvalue weighted by Gasteiger charge is -2.04. The highest BCUT2D eigenvalue weighted by Gasteiger charge is 2.00. The smallest absolute Gasteiger partial charge is 0.224 e. The van der Waals surface area contributed by atoms with Crippen molar-refractivity contribution in [2.45, 2.75) is 26.2 Å². The Labute approximate surface area is 90.7 Å². The Morgan fingerprint density at radius 1 is 1.40 bits per heavy atom. The summed E-state index contributed by atoms with van der Waals surface area (Å²) in [6.07, 6.45) is 7.76. The van der Waals surface area contributed by atoms with Crippen molar-refractivity contribution in [3.63, 3.8) is 0 Å². The van der Waals surface area contributed by atoms with Gasteiger partial charge in [0.25, 0.3) is 0 Å². The van der Waals surface area contributed by atoms with Crippen molar-refractivity contribution in [2.75, 3.05) is 5.32 Å². The summed E-state index contributed by atoms with van der Waals surface area (Å²) >= 11 is 0. The third-order valence-electron chi connectivity index (χ3n) is 2.09. The second-order valence-corrected chi connectivity index (χ2v) is 3.37. The minimum Gasteiger partial charge on any atom is -0.326 e. The molecule has 78 valence electrons. The van der Waals surface area contributed by atoms with Crippen LogP contribution in [0.4, 0.5) is 5.69 Å². The third kappa shape index (κ3) is 3.86. The Kier molecular flexibility index (Phi) is 4.43. The molecule has 0 aliphatic heterocycles. The molecule has 0 fully saturated rings. The predicted octanol–water partition coefficient (Wildman–Crippen LogP) is 2.80. The molecule has 0 spiro atoms. The first-order valence-electron chi connectivity index (χ1n) is 5.12. The van der Waals surface area contributed by atoms with Crippen LogP contribution in [-0.2, 0) is 4.79 Å². The Bertz CT molecular complexity index is 359. The van der Waals surface area contributed by atoms with E-state index in [-0.39, 0.29) is 5.91 Å². The summed E-state index contributed by atoms with van der Waals surface area (Å²) in [5.74, 6) is 2.59. The molecular weight excluding hydrogens is 186 g/mol. The van der Waals surface area contributed by atoms with Crippen molar-refractivity contribution in [3.05, 3.63) is 29.8 Å². The van der Waals surface area contributed by atoms with Crippen LogP contribution >= 0.6 is 0 Å². The number of anilines is 1. The van der Waals surface area contributed by atoms with Crippen LogP contribution < -0.4 is 5.32 Å². The molecule has 1 aromatic rings. The second kappa shape index (κ2) is 5.87. The summed E-state index contributed by atoms with van der Waals surface area (Å²) in [5.41, 5.74) is 1.62. The number of carbonyl (C=O) groups is 1. The number of amides is 1. The zero-order chi connectivity index (χ0) is 11.1. The maximum atomic E-state index is 11.4. The lowest BCUT2D eigenvalue weighted by atomic mass is 10.2. The van der Waals surface area contributed by atoms with Gasteiger partial charge in [-0.05, 0) is 30.7 Å². The van der Waals surface area contributed by atoms with Gasteiger partial charge in [-0.15, -0.1) is 6.42 Å². The fraction of sp³-hybridized carbons (Fsp3) is 0.308. The van der Waals surface area contributed by atoms with Crippen LogP contribution in [0.5, 0.6) is 0 Å². The van der Waals surface area contributed by atoms with Crippen LogP contribution in [0.2, 0.25) is 0 Å². The summed E-state index contributed by atoms with van der Waals surface area (Å²) in [7, 11) is 0. The fourth-order valence-corrected chi connectivity index (χ4v) is 1.21. The molecule has 0 saturated heterocycles.